The van der Waals surface area contributed by atoms with E-state index in [-0.39, 0.29) is 36.6 Å². The zero-order valence-electron chi connectivity index (χ0n) is 15.5. The largest absolute Gasteiger partial charge is 0.482 e. The number of halogens is 1. The summed E-state index contributed by atoms with van der Waals surface area (Å²) in [5.74, 6) is -0.563. The number of nitrogens with zero attached hydrogens (tertiary/aromatic N) is 1. The van der Waals surface area contributed by atoms with Crippen LogP contribution in [-0.4, -0.2) is 37.3 Å². The minimum Gasteiger partial charge on any atom is -0.482 e. The van der Waals surface area contributed by atoms with E-state index >= 15 is 0 Å². The molecule has 6 nitrogen and oxygen atoms in total. The lowest BCUT2D eigenvalue weighted by molar-refractivity contribution is -0.125. The van der Waals surface area contributed by atoms with Crippen molar-refractivity contribution in [3.05, 3.63) is 59.4 Å². The fraction of sp³-hybridized carbons (Fsp3) is 0.286. The Kier molecular flexibility index (Phi) is 6.03. The number of anilines is 1. The average Bonchev–Trinajstić information content (AvgIpc) is 2.70. The Bertz CT molecular complexity index is 896. The van der Waals surface area contributed by atoms with Crippen molar-refractivity contribution in [3.63, 3.8) is 0 Å². The van der Waals surface area contributed by atoms with Gasteiger partial charge in [-0.3, -0.25) is 19.3 Å². The van der Waals surface area contributed by atoms with Gasteiger partial charge in [0.05, 0.1) is 5.69 Å². The smallest absolute Gasteiger partial charge is 0.265 e. The molecule has 1 aliphatic heterocycles. The Balaban J connectivity index is 1.64. The predicted molar refractivity (Wildman–Crippen MR) is 102 cm³/mol. The Labute approximate surface area is 162 Å². The van der Waals surface area contributed by atoms with Crippen LogP contribution in [0.25, 0.3) is 0 Å². The molecule has 0 bridgehead atoms. The number of carbonyl (C=O) groups is 3. The van der Waals surface area contributed by atoms with Crippen LogP contribution >= 0.6 is 0 Å². The molecule has 1 heterocycles. The maximum absolute atomic E-state index is 12.9. The summed E-state index contributed by atoms with van der Waals surface area (Å²) in [4.78, 5) is 37.9. The van der Waals surface area contributed by atoms with E-state index in [4.69, 9.17) is 4.74 Å². The van der Waals surface area contributed by atoms with Crippen LogP contribution in [0.5, 0.6) is 5.75 Å². The number of hydrogen-bond donors (Lipinski definition) is 1. The molecule has 0 aromatic heterocycles. The van der Waals surface area contributed by atoms with Crippen LogP contribution in [0.3, 0.4) is 0 Å². The van der Waals surface area contributed by atoms with Crippen LogP contribution in [0, 0.1) is 5.82 Å². The molecule has 2 amide bonds. The molecule has 0 saturated carbocycles. The second kappa shape index (κ2) is 8.65. The molecule has 0 radical (unpaired) electrons. The van der Waals surface area contributed by atoms with Gasteiger partial charge in [-0.2, -0.15) is 0 Å². The van der Waals surface area contributed by atoms with E-state index in [2.05, 4.69) is 5.32 Å². The molecule has 0 aliphatic carbocycles. The van der Waals surface area contributed by atoms with Gasteiger partial charge in [-0.25, -0.2) is 4.39 Å². The van der Waals surface area contributed by atoms with Gasteiger partial charge in [0.15, 0.2) is 12.4 Å². The summed E-state index contributed by atoms with van der Waals surface area (Å²) in [6, 6.07) is 11.0. The number of fused-ring (bicyclic) bond motifs is 1. The lowest BCUT2D eigenvalue weighted by Gasteiger charge is -2.29. The lowest BCUT2D eigenvalue weighted by atomic mass is 10.1. The maximum Gasteiger partial charge on any atom is 0.265 e. The number of benzene rings is 2. The third-order valence-electron chi connectivity index (χ3n) is 4.50. The molecular weight excluding hydrogens is 363 g/mol. The molecule has 0 atom stereocenters. The minimum absolute atomic E-state index is 0.0514. The molecule has 0 unspecified atom stereocenters. The lowest BCUT2D eigenvalue weighted by Crippen LogP contribution is -2.45. The zero-order valence-corrected chi connectivity index (χ0v) is 15.5. The molecular formula is C21H21FN2O4. The minimum atomic E-state index is -0.345. The van der Waals surface area contributed by atoms with Crippen molar-refractivity contribution in [3.8, 4) is 5.75 Å². The molecule has 28 heavy (non-hydrogen) atoms. The first-order valence-corrected chi connectivity index (χ1v) is 9.09. The third kappa shape index (κ3) is 4.54. The van der Waals surface area contributed by atoms with Gasteiger partial charge in [0, 0.05) is 18.5 Å². The summed E-state index contributed by atoms with van der Waals surface area (Å²) < 4.78 is 18.3. The summed E-state index contributed by atoms with van der Waals surface area (Å²) in [5, 5.41) is 2.76. The fourth-order valence-electron chi connectivity index (χ4n) is 2.95. The van der Waals surface area contributed by atoms with E-state index in [0.717, 1.165) is 5.56 Å². The topological polar surface area (TPSA) is 75.7 Å². The highest BCUT2D eigenvalue weighted by Crippen LogP contribution is 2.33. The number of amides is 2. The van der Waals surface area contributed by atoms with Gasteiger partial charge in [0.1, 0.15) is 18.1 Å². The molecule has 146 valence electrons. The van der Waals surface area contributed by atoms with Crippen molar-refractivity contribution in [2.24, 2.45) is 0 Å². The van der Waals surface area contributed by atoms with E-state index in [1.165, 1.54) is 17.0 Å². The van der Waals surface area contributed by atoms with Crippen LogP contribution in [0.1, 0.15) is 29.3 Å². The summed E-state index contributed by atoms with van der Waals surface area (Å²) in [5.41, 5.74) is 1.79. The molecule has 7 heteroatoms. The highest BCUT2D eigenvalue weighted by atomic mass is 19.1. The number of carbonyl (C=O) groups excluding carboxylic acids is 3. The monoisotopic (exact) mass is 384 g/mol. The average molecular weight is 384 g/mol. The number of nitrogens with one attached hydrogen (secondary N) is 1. The highest BCUT2D eigenvalue weighted by Gasteiger charge is 2.28. The van der Waals surface area contributed by atoms with Gasteiger partial charge in [0.25, 0.3) is 5.91 Å². The summed E-state index contributed by atoms with van der Waals surface area (Å²) in [6.45, 7) is 1.80. The number of Topliss-reactive ketones (excluding diaryl/α,β-unsaturated/α-hetero) is 1. The molecule has 1 N–H and O–H groups in total. The first-order chi connectivity index (χ1) is 13.5. The predicted octanol–water partition coefficient (Wildman–Crippen LogP) is 2.50. The number of rotatable bonds is 7. The quantitative estimate of drug-likeness (QED) is 0.745. The molecule has 2 aromatic rings. The molecule has 0 fully saturated rings. The Morgan fingerprint density at radius 3 is 2.64 bits per heavy atom. The zero-order chi connectivity index (χ0) is 20.1. The standard InChI is InChI=1S/C21H21FN2O4/c1-2-18(25)15-5-8-19-17(11-15)24(21(27)13-28-19)12-20(26)23-10-9-14-3-6-16(22)7-4-14/h3-8,11H,2,9-10,12-13H2,1H3,(H,23,26). The van der Waals surface area contributed by atoms with E-state index < -0.39 is 0 Å². The van der Waals surface area contributed by atoms with Gasteiger partial charge in [-0.15, -0.1) is 0 Å². The van der Waals surface area contributed by atoms with Crippen molar-refractivity contribution in [1.82, 2.24) is 5.32 Å². The SMILES string of the molecule is CCC(=O)c1ccc2c(c1)N(CC(=O)NCCc1ccc(F)cc1)C(=O)CO2. The van der Waals surface area contributed by atoms with Gasteiger partial charge in [-0.05, 0) is 42.3 Å². The van der Waals surface area contributed by atoms with Crippen molar-refractivity contribution in [2.45, 2.75) is 19.8 Å². The van der Waals surface area contributed by atoms with E-state index in [1.807, 2.05) is 0 Å². The van der Waals surface area contributed by atoms with E-state index in [9.17, 15) is 18.8 Å². The second-order valence-corrected chi connectivity index (χ2v) is 6.45. The van der Waals surface area contributed by atoms with Crippen LogP contribution in [0.15, 0.2) is 42.5 Å². The normalized spacial score (nSPS) is 12.9. The van der Waals surface area contributed by atoms with Crippen molar-refractivity contribution < 1.29 is 23.5 Å². The van der Waals surface area contributed by atoms with Crippen LogP contribution in [-0.2, 0) is 16.0 Å². The Hall–Kier alpha value is -3.22. The second-order valence-electron chi connectivity index (χ2n) is 6.45. The molecule has 1 aliphatic rings. The van der Waals surface area contributed by atoms with E-state index in [1.54, 1.807) is 37.3 Å². The molecule has 0 saturated heterocycles. The van der Waals surface area contributed by atoms with Crippen LogP contribution in [0.2, 0.25) is 0 Å². The van der Waals surface area contributed by atoms with Crippen molar-refractivity contribution in [2.75, 3.05) is 24.6 Å². The number of hydrogen-bond acceptors (Lipinski definition) is 4. The van der Waals surface area contributed by atoms with Crippen molar-refractivity contribution in [1.29, 1.82) is 0 Å². The van der Waals surface area contributed by atoms with Gasteiger partial charge >= 0.3 is 0 Å². The fourth-order valence-corrected chi connectivity index (χ4v) is 2.95. The van der Waals surface area contributed by atoms with Gasteiger partial charge in [-0.1, -0.05) is 19.1 Å². The first-order valence-electron chi connectivity index (χ1n) is 9.09. The third-order valence-corrected chi connectivity index (χ3v) is 4.50. The van der Waals surface area contributed by atoms with Gasteiger partial charge in [0.2, 0.25) is 5.91 Å². The van der Waals surface area contributed by atoms with Crippen LogP contribution in [0.4, 0.5) is 10.1 Å². The molecule has 3 rings (SSSR count). The first kappa shape index (κ1) is 19.5. The number of ether oxygens (including phenoxy) is 1. The Morgan fingerprint density at radius 1 is 1.18 bits per heavy atom. The van der Waals surface area contributed by atoms with Crippen LogP contribution < -0.4 is 15.0 Å². The Morgan fingerprint density at radius 2 is 1.93 bits per heavy atom. The van der Waals surface area contributed by atoms with E-state index in [0.29, 0.717) is 36.4 Å². The summed E-state index contributed by atoms with van der Waals surface area (Å²) in [6.07, 6.45) is 0.895. The molecule has 2 aromatic carbocycles. The maximum atomic E-state index is 12.9. The summed E-state index contributed by atoms with van der Waals surface area (Å²) in [7, 11) is 0. The molecule has 0 spiro atoms. The number of ketones is 1. The highest BCUT2D eigenvalue weighted by molar-refractivity contribution is 6.04. The van der Waals surface area contributed by atoms with Crippen molar-refractivity contribution >= 4 is 23.3 Å². The summed E-state index contributed by atoms with van der Waals surface area (Å²) >= 11 is 0. The van der Waals surface area contributed by atoms with Gasteiger partial charge < -0.3 is 10.1 Å².